The lowest BCUT2D eigenvalue weighted by Gasteiger charge is -2.11. The molecule has 0 aliphatic carbocycles. The minimum Gasteiger partial charge on any atom is -0.351 e. The monoisotopic (exact) mass is 270 g/mol. The van der Waals surface area contributed by atoms with Crippen LogP contribution < -0.4 is 5.32 Å². The van der Waals surface area contributed by atoms with E-state index in [0.717, 1.165) is 25.0 Å². The zero-order valence-electron chi connectivity index (χ0n) is 13.2. The van der Waals surface area contributed by atoms with Gasteiger partial charge in [0, 0.05) is 12.2 Å². The van der Waals surface area contributed by atoms with E-state index in [1.165, 1.54) is 22.4 Å². The molecule has 0 amide bonds. The van der Waals surface area contributed by atoms with Crippen molar-refractivity contribution < 1.29 is 0 Å². The SMILES string of the molecule is C=C(C)c1cccc(C/C(CC)=C(/C)NC=NCC)c1. The lowest BCUT2D eigenvalue weighted by molar-refractivity contribution is 0.929. The number of nitrogens with one attached hydrogen (secondary N) is 1. The largest absolute Gasteiger partial charge is 0.351 e. The fourth-order valence-electron chi connectivity index (χ4n) is 2.05. The van der Waals surface area contributed by atoms with Crippen LogP contribution in [0.5, 0.6) is 0 Å². The van der Waals surface area contributed by atoms with Gasteiger partial charge in [-0.25, -0.2) is 0 Å². The zero-order valence-corrected chi connectivity index (χ0v) is 13.2. The first kappa shape index (κ1) is 16.2. The Bertz CT molecular complexity index is 510. The minimum atomic E-state index is 0.808. The van der Waals surface area contributed by atoms with Crippen molar-refractivity contribution in [1.82, 2.24) is 5.32 Å². The molecule has 0 atom stereocenters. The normalized spacial score (nSPS) is 12.4. The minimum absolute atomic E-state index is 0.808. The van der Waals surface area contributed by atoms with Crippen molar-refractivity contribution in [2.24, 2.45) is 4.99 Å². The standard InChI is InChI=1S/C18H26N2/c1-6-17(15(5)20-13-19-7-2)11-16-9-8-10-18(12-16)14(3)4/h8-10,12-13H,3,6-7,11H2,1-2,4-5H3,(H,19,20)/b17-15-. The average Bonchev–Trinajstić information content (AvgIpc) is 2.45. The maximum absolute atomic E-state index is 4.19. The van der Waals surface area contributed by atoms with E-state index in [9.17, 15) is 0 Å². The Morgan fingerprint density at radius 1 is 1.30 bits per heavy atom. The molecular formula is C18H26N2. The van der Waals surface area contributed by atoms with Crippen LogP contribution in [0.3, 0.4) is 0 Å². The highest BCUT2D eigenvalue weighted by atomic mass is 14.9. The Kier molecular flexibility index (Phi) is 6.78. The Hall–Kier alpha value is -1.83. The summed E-state index contributed by atoms with van der Waals surface area (Å²) < 4.78 is 0. The van der Waals surface area contributed by atoms with E-state index in [2.05, 4.69) is 55.0 Å². The van der Waals surface area contributed by atoms with Gasteiger partial charge in [-0.2, -0.15) is 0 Å². The van der Waals surface area contributed by atoms with E-state index in [4.69, 9.17) is 0 Å². The van der Waals surface area contributed by atoms with E-state index >= 15 is 0 Å². The van der Waals surface area contributed by atoms with Gasteiger partial charge in [0.05, 0.1) is 6.34 Å². The third kappa shape index (κ3) is 5.04. The topological polar surface area (TPSA) is 24.4 Å². The number of allylic oxidation sites excluding steroid dienone is 3. The molecule has 0 bridgehead atoms. The molecule has 1 aromatic rings. The van der Waals surface area contributed by atoms with Gasteiger partial charge in [-0.05, 0) is 50.3 Å². The van der Waals surface area contributed by atoms with Crippen LogP contribution in [0.1, 0.15) is 45.2 Å². The van der Waals surface area contributed by atoms with Gasteiger partial charge < -0.3 is 5.32 Å². The molecule has 0 aliphatic rings. The Morgan fingerprint density at radius 3 is 2.65 bits per heavy atom. The van der Waals surface area contributed by atoms with Crippen molar-refractivity contribution in [2.45, 2.75) is 40.5 Å². The molecule has 0 saturated carbocycles. The van der Waals surface area contributed by atoms with Crippen LogP contribution in [-0.4, -0.2) is 12.9 Å². The molecule has 1 N–H and O–H groups in total. The van der Waals surface area contributed by atoms with Gasteiger partial charge in [0.1, 0.15) is 0 Å². The van der Waals surface area contributed by atoms with Crippen LogP contribution in [0.4, 0.5) is 0 Å². The van der Waals surface area contributed by atoms with Gasteiger partial charge in [0.2, 0.25) is 0 Å². The molecule has 0 aliphatic heterocycles. The first-order valence-corrected chi connectivity index (χ1v) is 7.26. The predicted octanol–water partition coefficient (Wildman–Crippen LogP) is 4.58. The van der Waals surface area contributed by atoms with Gasteiger partial charge >= 0.3 is 0 Å². The lowest BCUT2D eigenvalue weighted by atomic mass is 9.98. The van der Waals surface area contributed by atoms with E-state index in [1.807, 2.05) is 13.8 Å². The summed E-state index contributed by atoms with van der Waals surface area (Å²) in [6.07, 6.45) is 3.79. The number of aliphatic imine (C=N–C) groups is 1. The predicted molar refractivity (Wildman–Crippen MR) is 90.0 cm³/mol. The van der Waals surface area contributed by atoms with Crippen molar-refractivity contribution in [3.8, 4) is 0 Å². The average molecular weight is 270 g/mol. The van der Waals surface area contributed by atoms with Crippen LogP contribution in [0.25, 0.3) is 5.57 Å². The van der Waals surface area contributed by atoms with E-state index in [1.54, 1.807) is 6.34 Å². The van der Waals surface area contributed by atoms with Crippen LogP contribution in [0.2, 0.25) is 0 Å². The summed E-state index contributed by atoms with van der Waals surface area (Å²) in [7, 11) is 0. The summed E-state index contributed by atoms with van der Waals surface area (Å²) in [5.41, 5.74) is 6.27. The Balaban J connectivity index is 2.87. The highest BCUT2D eigenvalue weighted by molar-refractivity contribution is 5.62. The van der Waals surface area contributed by atoms with Crippen LogP contribution in [-0.2, 0) is 6.42 Å². The summed E-state index contributed by atoms with van der Waals surface area (Å²) in [6.45, 7) is 13.2. The fraction of sp³-hybridized carbons (Fsp3) is 0.389. The molecular weight excluding hydrogens is 244 g/mol. The summed E-state index contributed by atoms with van der Waals surface area (Å²) in [5.74, 6) is 0. The van der Waals surface area contributed by atoms with E-state index < -0.39 is 0 Å². The summed E-state index contributed by atoms with van der Waals surface area (Å²) >= 11 is 0. The first-order chi connectivity index (χ1) is 9.58. The molecule has 20 heavy (non-hydrogen) atoms. The molecule has 1 rings (SSSR count). The molecule has 0 saturated heterocycles. The number of hydrogen-bond acceptors (Lipinski definition) is 1. The summed E-state index contributed by atoms with van der Waals surface area (Å²) in [5, 5.41) is 3.26. The van der Waals surface area contributed by atoms with Gasteiger partial charge in [-0.3, -0.25) is 4.99 Å². The van der Waals surface area contributed by atoms with Gasteiger partial charge in [0.15, 0.2) is 0 Å². The van der Waals surface area contributed by atoms with E-state index in [-0.39, 0.29) is 0 Å². The highest BCUT2D eigenvalue weighted by Crippen LogP contribution is 2.18. The molecule has 0 aromatic heterocycles. The molecule has 2 heteroatoms. The maximum Gasteiger partial charge on any atom is 0.0865 e. The molecule has 0 heterocycles. The molecule has 0 spiro atoms. The van der Waals surface area contributed by atoms with Gasteiger partial charge in [-0.1, -0.05) is 43.3 Å². The molecule has 0 radical (unpaired) electrons. The highest BCUT2D eigenvalue weighted by Gasteiger charge is 2.03. The molecule has 108 valence electrons. The molecule has 1 aromatic carbocycles. The van der Waals surface area contributed by atoms with Gasteiger partial charge in [0.25, 0.3) is 0 Å². The number of benzene rings is 1. The van der Waals surface area contributed by atoms with Gasteiger partial charge in [-0.15, -0.1) is 0 Å². The van der Waals surface area contributed by atoms with Crippen molar-refractivity contribution >= 4 is 11.9 Å². The Labute approximate surface area is 123 Å². The molecule has 0 unspecified atom stereocenters. The fourth-order valence-corrected chi connectivity index (χ4v) is 2.05. The second-order valence-corrected chi connectivity index (χ2v) is 5.01. The van der Waals surface area contributed by atoms with E-state index in [0.29, 0.717) is 0 Å². The second kappa shape index (κ2) is 8.36. The summed E-state index contributed by atoms with van der Waals surface area (Å²) in [4.78, 5) is 4.19. The van der Waals surface area contributed by atoms with Crippen LogP contribution >= 0.6 is 0 Å². The van der Waals surface area contributed by atoms with Crippen molar-refractivity contribution in [2.75, 3.05) is 6.54 Å². The number of rotatable bonds is 7. The lowest BCUT2D eigenvalue weighted by Crippen LogP contribution is -2.11. The number of nitrogens with zero attached hydrogens (tertiary/aromatic N) is 1. The Morgan fingerprint density at radius 2 is 2.05 bits per heavy atom. The zero-order chi connectivity index (χ0) is 15.0. The quantitative estimate of drug-likeness (QED) is 0.569. The smallest absolute Gasteiger partial charge is 0.0865 e. The molecule has 0 fully saturated rings. The molecule has 2 nitrogen and oxygen atoms in total. The van der Waals surface area contributed by atoms with Crippen molar-refractivity contribution in [3.63, 3.8) is 0 Å². The third-order valence-electron chi connectivity index (χ3n) is 3.35. The van der Waals surface area contributed by atoms with Crippen molar-refractivity contribution in [1.29, 1.82) is 0 Å². The summed E-state index contributed by atoms with van der Waals surface area (Å²) in [6, 6.07) is 8.62. The third-order valence-corrected chi connectivity index (χ3v) is 3.35. The first-order valence-electron chi connectivity index (χ1n) is 7.26. The van der Waals surface area contributed by atoms with Crippen LogP contribution in [0.15, 0.2) is 47.1 Å². The van der Waals surface area contributed by atoms with Crippen molar-refractivity contribution in [3.05, 3.63) is 53.2 Å². The second-order valence-electron chi connectivity index (χ2n) is 5.01. The number of hydrogen-bond donors (Lipinski definition) is 1. The van der Waals surface area contributed by atoms with Crippen LogP contribution in [0, 0.1) is 0 Å². The maximum atomic E-state index is 4.19.